The standard InChI is InChI=1S/C16H14F6N4O2S.C2H6/c17-15(18,19)9-1-2-10(11(4-9)28-23)27-12-7-3-8(12)6-26(5-7)14-25-24-13(29-14)16(20,21)22;1-2/h1-2,4,7-8,12H,3,5-6,23H2;1-2H3. The molecule has 2 aromatic rings. The van der Waals surface area contributed by atoms with Gasteiger partial charge in [0.05, 0.1) is 5.56 Å². The molecule has 13 heteroatoms. The van der Waals surface area contributed by atoms with Gasteiger partial charge in [-0.05, 0) is 24.6 Å². The fourth-order valence-electron chi connectivity index (χ4n) is 3.67. The normalized spacial score (nSPS) is 22.9. The minimum atomic E-state index is -4.55. The topological polar surface area (TPSA) is 73.5 Å². The van der Waals surface area contributed by atoms with Crippen molar-refractivity contribution in [2.75, 3.05) is 18.0 Å². The number of hydrogen-bond donors (Lipinski definition) is 1. The molecule has 2 atom stereocenters. The van der Waals surface area contributed by atoms with Crippen LogP contribution in [0.4, 0.5) is 31.5 Å². The van der Waals surface area contributed by atoms with E-state index in [-0.39, 0.29) is 34.6 Å². The third kappa shape index (κ3) is 4.81. The molecule has 172 valence electrons. The number of aromatic nitrogens is 2. The molecule has 2 aliphatic heterocycles. The van der Waals surface area contributed by atoms with Crippen molar-refractivity contribution in [2.24, 2.45) is 17.7 Å². The third-order valence-electron chi connectivity index (χ3n) is 5.03. The van der Waals surface area contributed by atoms with E-state index in [1.54, 1.807) is 4.90 Å². The fraction of sp³-hybridized carbons (Fsp3) is 0.556. The Hall–Kier alpha value is -2.28. The lowest BCUT2D eigenvalue weighted by Crippen LogP contribution is -2.60. The second-order valence-corrected chi connectivity index (χ2v) is 7.86. The fourth-order valence-corrected chi connectivity index (χ4v) is 4.40. The molecule has 1 aromatic carbocycles. The SMILES string of the molecule is CC.NOc1cc(C(F)(F)F)ccc1OC1C2CC1CN(c1nnc(C(F)(F)F)s1)C2. The molecular formula is C18H20F6N4O2S. The number of ether oxygens (including phenoxy) is 1. The number of piperidine rings is 2. The Morgan fingerprint density at radius 2 is 1.65 bits per heavy atom. The number of anilines is 1. The predicted octanol–water partition coefficient (Wildman–Crippen LogP) is 4.76. The van der Waals surface area contributed by atoms with E-state index in [2.05, 4.69) is 15.0 Å². The van der Waals surface area contributed by atoms with E-state index in [0.717, 1.165) is 24.6 Å². The average molecular weight is 470 g/mol. The molecule has 5 rings (SSSR count). The Morgan fingerprint density at radius 3 is 2.16 bits per heavy atom. The van der Waals surface area contributed by atoms with Gasteiger partial charge >= 0.3 is 12.4 Å². The molecule has 2 unspecified atom stereocenters. The lowest BCUT2D eigenvalue weighted by molar-refractivity contribution is -0.138. The van der Waals surface area contributed by atoms with Crippen LogP contribution in [0.2, 0.25) is 0 Å². The van der Waals surface area contributed by atoms with E-state index in [0.29, 0.717) is 24.4 Å². The number of nitrogens with two attached hydrogens (primary N) is 1. The molecule has 1 aromatic heterocycles. The molecule has 3 aliphatic rings. The molecule has 3 fully saturated rings. The van der Waals surface area contributed by atoms with E-state index in [4.69, 9.17) is 10.6 Å². The van der Waals surface area contributed by atoms with Gasteiger partial charge in [0.15, 0.2) is 11.5 Å². The first-order chi connectivity index (χ1) is 14.6. The Kier molecular flexibility index (Phi) is 6.56. The van der Waals surface area contributed by atoms with Gasteiger partial charge in [-0.15, -0.1) is 10.2 Å². The maximum Gasteiger partial charge on any atom is 0.445 e. The van der Waals surface area contributed by atoms with Crippen molar-refractivity contribution in [1.29, 1.82) is 0 Å². The zero-order chi connectivity index (χ0) is 23.0. The van der Waals surface area contributed by atoms with Gasteiger partial charge in [0.1, 0.15) is 6.10 Å². The van der Waals surface area contributed by atoms with Crippen LogP contribution in [0.15, 0.2) is 18.2 Å². The van der Waals surface area contributed by atoms with Gasteiger partial charge in [0.2, 0.25) is 10.1 Å². The summed E-state index contributed by atoms with van der Waals surface area (Å²) in [7, 11) is 0. The van der Waals surface area contributed by atoms with Crippen molar-refractivity contribution >= 4 is 16.5 Å². The molecule has 2 N–H and O–H groups in total. The molecular weight excluding hydrogens is 450 g/mol. The van der Waals surface area contributed by atoms with Gasteiger partial charge in [-0.2, -0.15) is 32.2 Å². The highest BCUT2D eigenvalue weighted by atomic mass is 32.1. The molecule has 6 nitrogen and oxygen atoms in total. The summed E-state index contributed by atoms with van der Waals surface area (Å²) in [5.74, 6) is 4.91. The van der Waals surface area contributed by atoms with Crippen LogP contribution in [0.5, 0.6) is 11.5 Å². The van der Waals surface area contributed by atoms with Gasteiger partial charge < -0.3 is 14.5 Å². The van der Waals surface area contributed by atoms with Crippen molar-refractivity contribution in [1.82, 2.24) is 10.2 Å². The summed E-state index contributed by atoms with van der Waals surface area (Å²) in [6, 6.07) is 2.78. The van der Waals surface area contributed by atoms with Crippen LogP contribution in [-0.2, 0) is 12.4 Å². The van der Waals surface area contributed by atoms with E-state index >= 15 is 0 Å². The Morgan fingerprint density at radius 1 is 1.00 bits per heavy atom. The van der Waals surface area contributed by atoms with Crippen LogP contribution in [0.1, 0.15) is 30.8 Å². The van der Waals surface area contributed by atoms with Crippen molar-refractivity contribution < 1.29 is 35.9 Å². The van der Waals surface area contributed by atoms with Crippen LogP contribution >= 0.6 is 11.3 Å². The van der Waals surface area contributed by atoms with Crippen LogP contribution in [-0.4, -0.2) is 29.4 Å². The molecule has 31 heavy (non-hydrogen) atoms. The Bertz CT molecular complexity index is 892. The first kappa shape index (κ1) is 23.4. The maximum absolute atomic E-state index is 12.8. The van der Waals surface area contributed by atoms with Gasteiger partial charge in [0.25, 0.3) is 0 Å². The summed E-state index contributed by atoms with van der Waals surface area (Å²) in [5.41, 5.74) is -0.915. The van der Waals surface area contributed by atoms with Crippen LogP contribution in [0.3, 0.4) is 0 Å². The minimum absolute atomic E-state index is 0.0140. The first-order valence-corrected chi connectivity index (χ1v) is 10.3. The smallest absolute Gasteiger partial charge is 0.445 e. The second kappa shape index (κ2) is 8.69. The van der Waals surface area contributed by atoms with E-state index in [1.807, 2.05) is 13.8 Å². The van der Waals surface area contributed by atoms with Gasteiger partial charge in [0, 0.05) is 24.9 Å². The number of hydrogen-bond acceptors (Lipinski definition) is 7. The molecule has 0 spiro atoms. The molecule has 0 amide bonds. The lowest BCUT2D eigenvalue weighted by Gasteiger charge is -2.52. The van der Waals surface area contributed by atoms with Gasteiger partial charge in [-0.3, -0.25) is 0 Å². The first-order valence-electron chi connectivity index (χ1n) is 9.46. The molecule has 0 radical (unpaired) electrons. The summed E-state index contributed by atoms with van der Waals surface area (Å²) < 4.78 is 82.4. The lowest BCUT2D eigenvalue weighted by atomic mass is 9.68. The van der Waals surface area contributed by atoms with Crippen LogP contribution < -0.4 is 20.4 Å². The number of benzene rings is 1. The monoisotopic (exact) mass is 470 g/mol. The van der Waals surface area contributed by atoms with Crippen molar-refractivity contribution in [3.63, 3.8) is 0 Å². The quantitative estimate of drug-likeness (QED) is 0.513. The number of alkyl halides is 6. The van der Waals surface area contributed by atoms with Gasteiger partial charge in [-0.1, -0.05) is 25.2 Å². The largest absolute Gasteiger partial charge is 0.486 e. The number of nitrogens with zero attached hydrogens (tertiary/aromatic N) is 3. The van der Waals surface area contributed by atoms with Crippen LogP contribution in [0, 0.1) is 11.8 Å². The highest BCUT2D eigenvalue weighted by Crippen LogP contribution is 2.46. The molecule has 2 bridgehead atoms. The zero-order valence-corrected chi connectivity index (χ0v) is 17.3. The van der Waals surface area contributed by atoms with Crippen molar-refractivity contribution in [3.8, 4) is 11.5 Å². The zero-order valence-electron chi connectivity index (χ0n) is 16.5. The summed E-state index contributed by atoms with van der Waals surface area (Å²) >= 11 is 0.479. The Labute approximate surface area is 177 Å². The number of halogens is 6. The minimum Gasteiger partial charge on any atom is -0.486 e. The molecule has 2 saturated heterocycles. The van der Waals surface area contributed by atoms with E-state index in [9.17, 15) is 26.3 Å². The Balaban J connectivity index is 0.00000132. The molecule has 1 aliphatic carbocycles. The van der Waals surface area contributed by atoms with E-state index < -0.39 is 22.9 Å². The molecule has 3 heterocycles. The second-order valence-electron chi connectivity index (χ2n) is 6.91. The summed E-state index contributed by atoms with van der Waals surface area (Å²) in [6.45, 7) is 4.82. The van der Waals surface area contributed by atoms with E-state index in [1.165, 1.54) is 0 Å². The number of fused-ring (bicyclic) bond motifs is 2. The number of rotatable bonds is 4. The van der Waals surface area contributed by atoms with Gasteiger partial charge in [-0.25, -0.2) is 0 Å². The summed E-state index contributed by atoms with van der Waals surface area (Å²) in [6.07, 6.45) is -8.59. The predicted molar refractivity (Wildman–Crippen MR) is 101 cm³/mol. The summed E-state index contributed by atoms with van der Waals surface area (Å²) in [4.78, 5) is 6.26. The average Bonchev–Trinajstić information content (AvgIpc) is 3.24. The molecule has 1 saturated carbocycles. The van der Waals surface area contributed by atoms with Crippen molar-refractivity contribution in [2.45, 2.75) is 38.7 Å². The highest BCUT2D eigenvalue weighted by Gasteiger charge is 2.50. The third-order valence-corrected chi connectivity index (χ3v) is 6.06. The maximum atomic E-state index is 12.8. The van der Waals surface area contributed by atoms with Crippen LogP contribution in [0.25, 0.3) is 0 Å². The summed E-state index contributed by atoms with van der Waals surface area (Å²) in [5, 5.41) is 5.99. The van der Waals surface area contributed by atoms with Crippen molar-refractivity contribution in [3.05, 3.63) is 28.8 Å². The highest BCUT2D eigenvalue weighted by molar-refractivity contribution is 7.15.